The summed E-state index contributed by atoms with van der Waals surface area (Å²) in [6.45, 7) is 3.88. The highest BCUT2D eigenvalue weighted by Gasteiger charge is 2.28. The lowest BCUT2D eigenvalue weighted by atomic mass is 10.1. The largest absolute Gasteiger partial charge is 0.369 e. The van der Waals surface area contributed by atoms with Crippen LogP contribution in [0, 0.1) is 13.8 Å². The average Bonchev–Trinajstić information content (AvgIpc) is 2.97. The molecule has 0 aromatic heterocycles. The van der Waals surface area contributed by atoms with Crippen molar-refractivity contribution in [1.82, 2.24) is 5.32 Å². The molecule has 0 radical (unpaired) electrons. The smallest absolute Gasteiger partial charge is 0.252 e. The molecule has 2 amide bonds. The topological polar surface area (TPSA) is 121 Å². The van der Waals surface area contributed by atoms with Crippen molar-refractivity contribution in [2.24, 2.45) is 15.7 Å². The van der Waals surface area contributed by atoms with Gasteiger partial charge in [-0.3, -0.25) is 14.9 Å². The zero-order valence-electron chi connectivity index (χ0n) is 15.7. The van der Waals surface area contributed by atoms with E-state index < -0.39 is 6.04 Å². The quantitative estimate of drug-likeness (QED) is 0.480. The van der Waals surface area contributed by atoms with Gasteiger partial charge in [0, 0.05) is 11.4 Å². The van der Waals surface area contributed by atoms with Crippen molar-refractivity contribution < 1.29 is 9.59 Å². The summed E-state index contributed by atoms with van der Waals surface area (Å²) in [5.74, 6) is -0.514. The Balaban J connectivity index is 1.61. The summed E-state index contributed by atoms with van der Waals surface area (Å²) in [6, 6.07) is 14.2. The zero-order chi connectivity index (χ0) is 20.1. The maximum atomic E-state index is 12.2. The van der Waals surface area contributed by atoms with Crippen LogP contribution >= 0.6 is 0 Å². The molecule has 0 spiro atoms. The molecule has 1 aliphatic heterocycles. The molecule has 1 heterocycles. The summed E-state index contributed by atoms with van der Waals surface area (Å²) in [4.78, 5) is 32.5. The van der Waals surface area contributed by atoms with E-state index in [0.717, 1.165) is 16.8 Å². The number of para-hydroxylation sites is 1. The van der Waals surface area contributed by atoms with E-state index in [1.54, 1.807) is 6.07 Å². The number of amides is 2. The second kappa shape index (κ2) is 8.34. The first-order valence-electron chi connectivity index (χ1n) is 8.83. The van der Waals surface area contributed by atoms with Crippen molar-refractivity contribution in [2.45, 2.75) is 26.3 Å². The van der Waals surface area contributed by atoms with E-state index in [9.17, 15) is 9.59 Å². The Hall–Kier alpha value is -3.68. The zero-order valence-corrected chi connectivity index (χ0v) is 15.7. The maximum absolute atomic E-state index is 12.2. The van der Waals surface area contributed by atoms with Gasteiger partial charge in [0.25, 0.3) is 5.91 Å². The molecule has 2 aromatic rings. The van der Waals surface area contributed by atoms with E-state index in [1.165, 1.54) is 0 Å². The van der Waals surface area contributed by atoms with Crippen molar-refractivity contribution >= 4 is 35.1 Å². The lowest BCUT2D eigenvalue weighted by Crippen LogP contribution is -2.32. The Morgan fingerprint density at radius 3 is 2.57 bits per heavy atom. The number of carbonyl (C=O) groups is 2. The van der Waals surface area contributed by atoms with Crippen LogP contribution in [0.4, 0.5) is 11.4 Å². The number of nitrogens with two attached hydrogens (primary N) is 1. The monoisotopic (exact) mass is 378 g/mol. The summed E-state index contributed by atoms with van der Waals surface area (Å²) in [5, 5.41) is 8.25. The van der Waals surface area contributed by atoms with E-state index in [-0.39, 0.29) is 30.2 Å². The summed E-state index contributed by atoms with van der Waals surface area (Å²) >= 11 is 0. The van der Waals surface area contributed by atoms with Gasteiger partial charge in [0.05, 0.1) is 6.42 Å². The van der Waals surface area contributed by atoms with Crippen LogP contribution in [0.3, 0.4) is 0 Å². The minimum absolute atomic E-state index is 0.0789. The molecule has 1 atom stereocenters. The molecule has 8 nitrogen and oxygen atoms in total. The number of aliphatic imine (C=N–C) groups is 2. The van der Waals surface area contributed by atoms with Gasteiger partial charge < -0.3 is 16.4 Å². The lowest BCUT2D eigenvalue weighted by Gasteiger charge is -2.09. The van der Waals surface area contributed by atoms with Gasteiger partial charge in [-0.2, -0.15) is 4.99 Å². The number of hydrogen-bond acceptors (Lipinski definition) is 4. The Morgan fingerprint density at radius 1 is 1.14 bits per heavy atom. The molecule has 8 heteroatoms. The number of rotatable bonds is 4. The number of nitrogens with zero attached hydrogens (tertiary/aromatic N) is 2. The van der Waals surface area contributed by atoms with Gasteiger partial charge in [-0.25, -0.2) is 4.99 Å². The fourth-order valence-electron chi connectivity index (χ4n) is 2.64. The van der Waals surface area contributed by atoms with Crippen LogP contribution in [0.5, 0.6) is 0 Å². The second-order valence-corrected chi connectivity index (χ2v) is 6.51. The molecular weight excluding hydrogens is 356 g/mol. The van der Waals surface area contributed by atoms with Crippen molar-refractivity contribution in [1.29, 1.82) is 0 Å². The number of benzene rings is 2. The van der Waals surface area contributed by atoms with Crippen LogP contribution in [-0.4, -0.2) is 29.8 Å². The van der Waals surface area contributed by atoms with Gasteiger partial charge in [-0.15, -0.1) is 0 Å². The van der Waals surface area contributed by atoms with Gasteiger partial charge in [0.1, 0.15) is 6.04 Å². The minimum Gasteiger partial charge on any atom is -0.369 e. The van der Waals surface area contributed by atoms with Gasteiger partial charge >= 0.3 is 0 Å². The maximum Gasteiger partial charge on any atom is 0.252 e. The third-order valence-corrected chi connectivity index (χ3v) is 4.16. The van der Waals surface area contributed by atoms with E-state index in [2.05, 4.69) is 25.9 Å². The number of guanidine groups is 2. The first-order chi connectivity index (χ1) is 13.4. The lowest BCUT2D eigenvalue weighted by molar-refractivity contribution is -0.123. The summed E-state index contributed by atoms with van der Waals surface area (Å²) in [6.07, 6.45) is -0.0789. The van der Waals surface area contributed by atoms with Crippen molar-refractivity contribution in [3.63, 3.8) is 0 Å². The van der Waals surface area contributed by atoms with E-state index >= 15 is 0 Å². The van der Waals surface area contributed by atoms with Crippen LogP contribution < -0.4 is 21.7 Å². The van der Waals surface area contributed by atoms with Crippen molar-refractivity contribution in [3.05, 3.63) is 59.7 Å². The van der Waals surface area contributed by atoms with E-state index in [4.69, 9.17) is 5.73 Å². The second-order valence-electron chi connectivity index (χ2n) is 6.51. The molecule has 0 aliphatic carbocycles. The van der Waals surface area contributed by atoms with Crippen molar-refractivity contribution in [3.8, 4) is 0 Å². The van der Waals surface area contributed by atoms with E-state index in [1.807, 2.05) is 56.3 Å². The summed E-state index contributed by atoms with van der Waals surface area (Å²) in [7, 11) is 0. The fraction of sp³-hybridized carbons (Fsp3) is 0.200. The summed E-state index contributed by atoms with van der Waals surface area (Å²) in [5.41, 5.74) is 9.40. The molecule has 5 N–H and O–H groups in total. The van der Waals surface area contributed by atoms with Gasteiger partial charge in [-0.05, 0) is 37.6 Å². The first-order valence-corrected chi connectivity index (χ1v) is 8.83. The minimum atomic E-state index is -0.838. The third-order valence-electron chi connectivity index (χ3n) is 4.16. The number of nitrogens with one attached hydrogen (secondary N) is 3. The number of aryl methyl sites for hydroxylation is 2. The van der Waals surface area contributed by atoms with Crippen LogP contribution in [0.25, 0.3) is 0 Å². The third kappa shape index (κ3) is 4.94. The fourth-order valence-corrected chi connectivity index (χ4v) is 2.64. The van der Waals surface area contributed by atoms with Crippen LogP contribution in [0.1, 0.15) is 17.5 Å². The number of anilines is 2. The first kappa shape index (κ1) is 19.1. The molecule has 3 rings (SSSR count). The standard InChI is InChI=1S/C20H22N6O2/c1-12-7-9-14(10-8-12)22-19(21)26-20-24-16(18(28)25-20)11-17(27)23-15-6-4-3-5-13(15)2/h3-10,16H,11H2,1-2H3,(H,23,27)(H4,21,22,24,25,26,28)/t16-/m1/s1. The normalized spacial score (nSPS) is 16.4. The van der Waals surface area contributed by atoms with Crippen LogP contribution in [0.15, 0.2) is 58.5 Å². The average molecular weight is 378 g/mol. The molecular formula is C20H22N6O2. The number of hydrogen-bond donors (Lipinski definition) is 4. The van der Waals surface area contributed by atoms with Crippen molar-refractivity contribution in [2.75, 3.05) is 10.6 Å². The molecule has 0 fully saturated rings. The highest BCUT2D eigenvalue weighted by molar-refractivity contribution is 6.11. The molecule has 28 heavy (non-hydrogen) atoms. The Bertz CT molecular complexity index is 949. The SMILES string of the molecule is Cc1ccc(NC(N)=NC2=N[C@H](CC(=O)Nc3ccccc3C)C(=O)N2)cc1. The van der Waals surface area contributed by atoms with Gasteiger partial charge in [-0.1, -0.05) is 35.9 Å². The molecule has 144 valence electrons. The molecule has 2 aromatic carbocycles. The highest BCUT2D eigenvalue weighted by Crippen LogP contribution is 2.15. The molecule has 0 unspecified atom stereocenters. The molecule has 0 bridgehead atoms. The van der Waals surface area contributed by atoms with E-state index in [0.29, 0.717) is 5.69 Å². The van der Waals surface area contributed by atoms with Crippen LogP contribution in [0.2, 0.25) is 0 Å². The molecule has 0 saturated carbocycles. The Kier molecular flexibility index (Phi) is 5.69. The predicted molar refractivity (Wildman–Crippen MR) is 110 cm³/mol. The summed E-state index contributed by atoms with van der Waals surface area (Å²) < 4.78 is 0. The predicted octanol–water partition coefficient (Wildman–Crippen LogP) is 1.91. The molecule has 0 saturated heterocycles. The van der Waals surface area contributed by atoms with Gasteiger partial charge in [0.2, 0.25) is 17.8 Å². The molecule has 1 aliphatic rings. The number of carbonyl (C=O) groups excluding carboxylic acids is 2. The highest BCUT2D eigenvalue weighted by atomic mass is 16.2. The Morgan fingerprint density at radius 2 is 1.86 bits per heavy atom. The van der Waals surface area contributed by atoms with Crippen LogP contribution in [-0.2, 0) is 9.59 Å². The van der Waals surface area contributed by atoms with Gasteiger partial charge in [0.15, 0.2) is 0 Å². The Labute approximate surface area is 163 Å².